The Balaban J connectivity index is 3.01. The number of hydrogen-bond donors (Lipinski definition) is 1. The van der Waals surface area contributed by atoms with Gasteiger partial charge in [-0.25, -0.2) is 4.79 Å². The van der Waals surface area contributed by atoms with Gasteiger partial charge >= 0.3 is 5.97 Å². The standard InChI is InChI=1S/C13H18O3/c1-8-5-9(2)11(10(3)6-8)7-12(16-4)13(14)15/h5-6,12H,7H2,1-4H3,(H,14,15)/t12-/m1/s1. The minimum absolute atomic E-state index is 0.420. The Morgan fingerprint density at radius 3 is 2.19 bits per heavy atom. The van der Waals surface area contributed by atoms with E-state index in [4.69, 9.17) is 9.84 Å². The van der Waals surface area contributed by atoms with Gasteiger partial charge in [-0.1, -0.05) is 17.7 Å². The number of carbonyl (C=O) groups is 1. The van der Waals surface area contributed by atoms with Crippen molar-refractivity contribution >= 4 is 5.97 Å². The van der Waals surface area contributed by atoms with Crippen LogP contribution >= 0.6 is 0 Å². The monoisotopic (exact) mass is 222 g/mol. The molecule has 0 radical (unpaired) electrons. The van der Waals surface area contributed by atoms with Crippen molar-refractivity contribution < 1.29 is 14.6 Å². The van der Waals surface area contributed by atoms with E-state index in [0.29, 0.717) is 6.42 Å². The fourth-order valence-electron chi connectivity index (χ4n) is 1.99. The first kappa shape index (κ1) is 12.7. The lowest BCUT2D eigenvalue weighted by Crippen LogP contribution is -2.25. The summed E-state index contributed by atoms with van der Waals surface area (Å²) in [5, 5.41) is 8.95. The molecule has 0 aromatic heterocycles. The third-order valence-electron chi connectivity index (χ3n) is 2.79. The lowest BCUT2D eigenvalue weighted by atomic mass is 9.95. The lowest BCUT2D eigenvalue weighted by Gasteiger charge is -2.15. The molecule has 1 atom stereocenters. The summed E-state index contributed by atoms with van der Waals surface area (Å²) in [6.07, 6.45) is -0.343. The first-order chi connectivity index (χ1) is 7.45. The number of aliphatic carboxylic acids is 1. The molecule has 0 saturated carbocycles. The van der Waals surface area contributed by atoms with Gasteiger partial charge in [0.2, 0.25) is 0 Å². The first-order valence-corrected chi connectivity index (χ1v) is 5.28. The van der Waals surface area contributed by atoms with Gasteiger partial charge in [0.25, 0.3) is 0 Å². The topological polar surface area (TPSA) is 46.5 Å². The Hall–Kier alpha value is -1.35. The number of hydrogen-bond acceptors (Lipinski definition) is 2. The molecular weight excluding hydrogens is 204 g/mol. The van der Waals surface area contributed by atoms with Crippen LogP contribution in [0, 0.1) is 20.8 Å². The van der Waals surface area contributed by atoms with Crippen molar-refractivity contribution in [2.45, 2.75) is 33.3 Å². The highest BCUT2D eigenvalue weighted by atomic mass is 16.5. The van der Waals surface area contributed by atoms with Crippen LogP contribution < -0.4 is 0 Å². The quantitative estimate of drug-likeness (QED) is 0.850. The molecule has 0 aliphatic carbocycles. The minimum atomic E-state index is -0.915. The van der Waals surface area contributed by atoms with E-state index in [-0.39, 0.29) is 0 Å². The van der Waals surface area contributed by atoms with Crippen LogP contribution in [0.15, 0.2) is 12.1 Å². The van der Waals surface area contributed by atoms with Gasteiger partial charge in [0.1, 0.15) is 0 Å². The maximum Gasteiger partial charge on any atom is 0.333 e. The summed E-state index contributed by atoms with van der Waals surface area (Å²) in [6.45, 7) is 6.04. The van der Waals surface area contributed by atoms with Gasteiger partial charge < -0.3 is 9.84 Å². The van der Waals surface area contributed by atoms with Gasteiger partial charge in [0.15, 0.2) is 6.10 Å². The van der Waals surface area contributed by atoms with Gasteiger partial charge in [0.05, 0.1) is 0 Å². The van der Waals surface area contributed by atoms with Crippen molar-refractivity contribution in [2.24, 2.45) is 0 Å². The van der Waals surface area contributed by atoms with E-state index in [1.165, 1.54) is 12.7 Å². The second kappa shape index (κ2) is 5.12. The van der Waals surface area contributed by atoms with E-state index in [0.717, 1.165) is 16.7 Å². The van der Waals surface area contributed by atoms with Gasteiger partial charge in [-0.05, 0) is 37.5 Å². The fourth-order valence-corrected chi connectivity index (χ4v) is 1.99. The summed E-state index contributed by atoms with van der Waals surface area (Å²) in [4.78, 5) is 10.9. The largest absolute Gasteiger partial charge is 0.479 e. The molecule has 16 heavy (non-hydrogen) atoms. The molecule has 3 nitrogen and oxygen atoms in total. The van der Waals surface area contributed by atoms with Crippen LogP contribution in [0.5, 0.6) is 0 Å². The first-order valence-electron chi connectivity index (χ1n) is 5.28. The smallest absolute Gasteiger partial charge is 0.333 e. The summed E-state index contributed by atoms with van der Waals surface area (Å²) in [5.74, 6) is -0.915. The number of rotatable bonds is 4. The lowest BCUT2D eigenvalue weighted by molar-refractivity contribution is -0.148. The van der Waals surface area contributed by atoms with E-state index >= 15 is 0 Å². The molecule has 0 spiro atoms. The molecule has 1 N–H and O–H groups in total. The Labute approximate surface area is 96.1 Å². The molecule has 0 bridgehead atoms. The van der Waals surface area contributed by atoms with Crippen LogP contribution in [0.3, 0.4) is 0 Å². The van der Waals surface area contributed by atoms with E-state index in [1.54, 1.807) is 0 Å². The van der Waals surface area contributed by atoms with Gasteiger partial charge in [-0.15, -0.1) is 0 Å². The van der Waals surface area contributed by atoms with Gasteiger partial charge in [-0.3, -0.25) is 0 Å². The molecule has 88 valence electrons. The zero-order valence-corrected chi connectivity index (χ0v) is 10.2. The molecule has 0 saturated heterocycles. The second-order valence-corrected chi connectivity index (χ2v) is 4.14. The molecule has 3 heteroatoms. The van der Waals surface area contributed by atoms with Crippen LogP contribution in [0.25, 0.3) is 0 Å². The van der Waals surface area contributed by atoms with Crippen molar-refractivity contribution in [2.75, 3.05) is 7.11 Å². The van der Waals surface area contributed by atoms with E-state index in [2.05, 4.69) is 12.1 Å². The van der Waals surface area contributed by atoms with Crippen molar-refractivity contribution in [1.82, 2.24) is 0 Å². The minimum Gasteiger partial charge on any atom is -0.479 e. The zero-order chi connectivity index (χ0) is 12.3. The summed E-state index contributed by atoms with van der Waals surface area (Å²) < 4.78 is 4.96. The summed E-state index contributed by atoms with van der Waals surface area (Å²) in [6, 6.07) is 4.13. The normalized spacial score (nSPS) is 12.5. The summed E-state index contributed by atoms with van der Waals surface area (Å²) in [5.41, 5.74) is 4.52. The number of carboxylic acid groups (broad SMARTS) is 1. The van der Waals surface area contributed by atoms with E-state index in [1.807, 2.05) is 20.8 Å². The maximum atomic E-state index is 10.9. The predicted octanol–water partition coefficient (Wildman–Crippen LogP) is 2.25. The molecule has 0 fully saturated rings. The van der Waals surface area contributed by atoms with Crippen molar-refractivity contribution in [1.29, 1.82) is 0 Å². The predicted molar refractivity (Wildman–Crippen MR) is 62.8 cm³/mol. The van der Waals surface area contributed by atoms with Crippen molar-refractivity contribution in [3.8, 4) is 0 Å². The van der Waals surface area contributed by atoms with Crippen LogP contribution in [0.1, 0.15) is 22.3 Å². The number of methoxy groups -OCH3 is 1. The highest BCUT2D eigenvalue weighted by Crippen LogP contribution is 2.18. The Bertz CT molecular complexity index is 373. The third-order valence-corrected chi connectivity index (χ3v) is 2.79. The second-order valence-electron chi connectivity index (χ2n) is 4.14. The highest BCUT2D eigenvalue weighted by molar-refractivity contribution is 5.73. The number of aryl methyl sites for hydroxylation is 3. The Kier molecular flexibility index (Phi) is 4.07. The fraction of sp³-hybridized carbons (Fsp3) is 0.462. The van der Waals surface area contributed by atoms with E-state index in [9.17, 15) is 4.79 Å². The molecular formula is C13H18O3. The van der Waals surface area contributed by atoms with Crippen LogP contribution in [0.2, 0.25) is 0 Å². The van der Waals surface area contributed by atoms with Crippen molar-refractivity contribution in [3.63, 3.8) is 0 Å². The molecule has 0 heterocycles. The number of benzene rings is 1. The van der Waals surface area contributed by atoms with E-state index < -0.39 is 12.1 Å². The van der Waals surface area contributed by atoms with Crippen LogP contribution in [0.4, 0.5) is 0 Å². The van der Waals surface area contributed by atoms with Crippen LogP contribution in [-0.4, -0.2) is 24.3 Å². The summed E-state index contributed by atoms with van der Waals surface area (Å²) >= 11 is 0. The van der Waals surface area contributed by atoms with Gasteiger partial charge in [-0.2, -0.15) is 0 Å². The third kappa shape index (κ3) is 2.83. The van der Waals surface area contributed by atoms with Crippen LogP contribution in [-0.2, 0) is 16.0 Å². The average Bonchev–Trinajstić information content (AvgIpc) is 2.15. The molecule has 0 aliphatic heterocycles. The Morgan fingerprint density at radius 2 is 1.81 bits per heavy atom. The molecule has 0 aliphatic rings. The highest BCUT2D eigenvalue weighted by Gasteiger charge is 2.19. The Morgan fingerprint density at radius 1 is 1.31 bits per heavy atom. The zero-order valence-electron chi connectivity index (χ0n) is 10.2. The van der Waals surface area contributed by atoms with Gasteiger partial charge in [0, 0.05) is 13.5 Å². The summed E-state index contributed by atoms with van der Waals surface area (Å²) in [7, 11) is 1.43. The number of ether oxygens (including phenoxy) is 1. The molecule has 1 aromatic rings. The molecule has 1 rings (SSSR count). The molecule has 1 aromatic carbocycles. The average molecular weight is 222 g/mol. The number of carboxylic acids is 1. The van der Waals surface area contributed by atoms with Crippen molar-refractivity contribution in [3.05, 3.63) is 34.4 Å². The maximum absolute atomic E-state index is 10.9. The SMILES string of the molecule is CO[C@H](Cc1c(C)cc(C)cc1C)C(=O)O. The molecule has 0 unspecified atom stereocenters. The molecule has 0 amide bonds.